The van der Waals surface area contributed by atoms with Gasteiger partial charge in [-0.25, -0.2) is 9.48 Å². The number of nitrogens with one attached hydrogen (secondary N) is 2. The average molecular weight is 725 g/mol. The van der Waals surface area contributed by atoms with Crippen molar-refractivity contribution in [2.24, 2.45) is 17.8 Å². The van der Waals surface area contributed by atoms with Crippen LogP contribution in [0.1, 0.15) is 44.9 Å². The summed E-state index contributed by atoms with van der Waals surface area (Å²) in [4.78, 5) is 25.5. The number of aryl methyl sites for hydroxylation is 1. The molecule has 14 heteroatoms. The third kappa shape index (κ3) is 8.10. The SMILES string of the molecule is N=c1ccc2c(-c3cc(C(=O)NCCOCCOCCOCCn4nnc5c4CC[C@@H]4[C@H](CO)[C@@H]4CC5)ccc3C(=O)O)c3ccc(N)cc3oc-2c1. The number of anilines is 1. The van der Waals surface area contributed by atoms with Crippen molar-refractivity contribution in [1.82, 2.24) is 20.3 Å². The highest BCUT2D eigenvalue weighted by Crippen LogP contribution is 2.52. The van der Waals surface area contributed by atoms with Gasteiger partial charge in [-0.05, 0) is 91.5 Å². The van der Waals surface area contributed by atoms with Crippen molar-refractivity contribution < 1.29 is 38.4 Å². The van der Waals surface area contributed by atoms with Crippen LogP contribution in [0.3, 0.4) is 0 Å². The molecule has 3 aliphatic carbocycles. The number of carbonyl (C=O) groups excluding carboxylic acids is 1. The molecule has 1 amide bonds. The number of benzene rings is 3. The molecule has 4 aliphatic rings. The minimum Gasteiger partial charge on any atom is -0.478 e. The van der Waals surface area contributed by atoms with E-state index in [1.807, 2.05) is 4.68 Å². The van der Waals surface area contributed by atoms with Crippen LogP contribution in [0.4, 0.5) is 5.69 Å². The molecule has 7 rings (SSSR count). The quantitative estimate of drug-likeness (QED) is 0.0562. The third-order valence-corrected chi connectivity index (χ3v) is 10.3. The highest BCUT2D eigenvalue weighted by molar-refractivity contribution is 6.09. The molecule has 0 radical (unpaired) electrons. The Kier molecular flexibility index (Phi) is 11.1. The molecule has 1 aliphatic heterocycles. The van der Waals surface area contributed by atoms with Gasteiger partial charge in [-0.15, -0.1) is 5.10 Å². The highest BCUT2D eigenvalue weighted by Gasteiger charge is 2.49. The molecule has 2 heterocycles. The summed E-state index contributed by atoms with van der Waals surface area (Å²) in [7, 11) is 0. The summed E-state index contributed by atoms with van der Waals surface area (Å²) in [6, 6.07) is 14.4. The summed E-state index contributed by atoms with van der Waals surface area (Å²) in [6.45, 7) is 3.55. The number of hydrogen-bond acceptors (Lipinski definition) is 11. The zero-order valence-corrected chi connectivity index (χ0v) is 29.4. The molecule has 14 nitrogen and oxygen atoms in total. The number of aromatic nitrogens is 3. The van der Waals surface area contributed by atoms with E-state index in [1.54, 1.807) is 42.5 Å². The van der Waals surface area contributed by atoms with Crippen LogP contribution in [-0.4, -0.2) is 89.9 Å². The second kappa shape index (κ2) is 16.3. The fourth-order valence-corrected chi connectivity index (χ4v) is 7.58. The fraction of sp³-hybridized carbons (Fsp3) is 0.410. The Labute approximate surface area is 305 Å². The smallest absolute Gasteiger partial charge is 0.336 e. The Morgan fingerprint density at radius 1 is 0.925 bits per heavy atom. The number of hydrogen-bond donors (Lipinski definition) is 5. The van der Waals surface area contributed by atoms with Gasteiger partial charge in [0.2, 0.25) is 0 Å². The summed E-state index contributed by atoms with van der Waals surface area (Å²) < 4.78 is 25.0. The minimum absolute atomic E-state index is 0.0181. The van der Waals surface area contributed by atoms with E-state index in [0.29, 0.717) is 96.4 Å². The van der Waals surface area contributed by atoms with Crippen molar-refractivity contribution in [1.29, 1.82) is 5.41 Å². The maximum atomic E-state index is 13.2. The first-order valence-corrected chi connectivity index (χ1v) is 18.0. The number of aliphatic hydroxyl groups excluding tert-OH is 1. The maximum Gasteiger partial charge on any atom is 0.336 e. The molecule has 2 aromatic carbocycles. The first kappa shape index (κ1) is 36.2. The number of carbonyl (C=O) groups is 2. The van der Waals surface area contributed by atoms with E-state index >= 15 is 0 Å². The molecule has 3 atom stereocenters. The number of carboxylic acids is 1. The molecule has 278 valence electrons. The molecule has 3 aromatic rings. The van der Waals surface area contributed by atoms with Crippen LogP contribution in [0.25, 0.3) is 33.4 Å². The molecule has 0 saturated heterocycles. The lowest BCUT2D eigenvalue weighted by Crippen LogP contribution is -2.27. The van der Waals surface area contributed by atoms with Crippen molar-refractivity contribution in [3.05, 3.63) is 82.5 Å². The lowest BCUT2D eigenvalue weighted by atomic mass is 9.89. The van der Waals surface area contributed by atoms with E-state index in [9.17, 15) is 19.8 Å². The number of nitrogen functional groups attached to an aromatic ring is 1. The largest absolute Gasteiger partial charge is 0.478 e. The van der Waals surface area contributed by atoms with Crippen LogP contribution < -0.4 is 16.4 Å². The first-order chi connectivity index (χ1) is 25.8. The number of carboxylic acid groups (broad SMARTS) is 1. The predicted octanol–water partition coefficient (Wildman–Crippen LogP) is 3.77. The van der Waals surface area contributed by atoms with Gasteiger partial charge in [-0.3, -0.25) is 4.79 Å². The highest BCUT2D eigenvalue weighted by atomic mass is 16.5. The third-order valence-electron chi connectivity index (χ3n) is 10.3. The number of ether oxygens (including phenoxy) is 3. The molecule has 1 aromatic heterocycles. The summed E-state index contributed by atoms with van der Waals surface area (Å²) in [6.07, 6.45) is 4.03. The van der Waals surface area contributed by atoms with Crippen molar-refractivity contribution in [3.63, 3.8) is 0 Å². The summed E-state index contributed by atoms with van der Waals surface area (Å²) >= 11 is 0. The van der Waals surface area contributed by atoms with Crippen LogP contribution in [0.5, 0.6) is 0 Å². The molecule has 0 spiro atoms. The van der Waals surface area contributed by atoms with Gasteiger partial charge in [0.25, 0.3) is 5.91 Å². The molecule has 53 heavy (non-hydrogen) atoms. The van der Waals surface area contributed by atoms with E-state index in [-0.39, 0.29) is 42.1 Å². The van der Waals surface area contributed by atoms with Gasteiger partial charge >= 0.3 is 5.97 Å². The Morgan fingerprint density at radius 2 is 1.68 bits per heavy atom. The number of nitrogens with two attached hydrogens (primary N) is 1. The normalized spacial score (nSPS) is 17.9. The molecule has 6 N–H and O–H groups in total. The van der Waals surface area contributed by atoms with Crippen LogP contribution in [0.2, 0.25) is 0 Å². The van der Waals surface area contributed by atoms with Gasteiger partial charge in [0, 0.05) is 53.0 Å². The average Bonchev–Trinajstić information content (AvgIpc) is 3.67. The zero-order valence-electron chi connectivity index (χ0n) is 29.4. The van der Waals surface area contributed by atoms with Crippen molar-refractivity contribution in [2.75, 3.05) is 58.5 Å². The summed E-state index contributed by atoms with van der Waals surface area (Å²) in [5, 5.41) is 40.2. The lowest BCUT2D eigenvalue weighted by molar-refractivity contribution is 0.0132. The number of amides is 1. The molecule has 0 unspecified atom stereocenters. The maximum absolute atomic E-state index is 13.2. The Hall–Kier alpha value is -5.15. The van der Waals surface area contributed by atoms with E-state index in [4.69, 9.17) is 29.8 Å². The number of nitrogens with zero attached hydrogens (tertiary/aromatic N) is 3. The molecular formula is C39H44N6O8. The van der Waals surface area contributed by atoms with Gasteiger partial charge in [0.15, 0.2) is 0 Å². The van der Waals surface area contributed by atoms with Crippen molar-refractivity contribution >= 4 is 28.5 Å². The van der Waals surface area contributed by atoms with Crippen LogP contribution in [0.15, 0.2) is 59.0 Å². The number of aromatic carboxylic acids is 1. The summed E-state index contributed by atoms with van der Waals surface area (Å²) in [5.41, 5.74) is 11.0. The second-order valence-corrected chi connectivity index (χ2v) is 13.6. The fourth-order valence-electron chi connectivity index (χ4n) is 7.58. The lowest BCUT2D eigenvalue weighted by Gasteiger charge is -2.18. The standard InChI is InChI=1S/C39H44N6O8/c40-24-2-5-29-35(20-24)53-36-21-25(41)3-6-30(36)37(29)31-19-23(1-4-28(31)39(48)49)38(47)42-11-13-50-15-17-52-18-16-51-14-12-45-34-10-8-27-26(32(27)22-46)7-9-33(34)43-44-45/h1-6,19-21,26-27,32,40,46H,7-18,22,41H2,(H,42,47)(H,48,49)/t26-,27+,32-/m1/s1. The topological polar surface area (TPSA) is 208 Å². The van der Waals surface area contributed by atoms with Crippen LogP contribution in [0, 0.1) is 23.2 Å². The van der Waals surface area contributed by atoms with Gasteiger partial charge < -0.3 is 45.3 Å². The van der Waals surface area contributed by atoms with Crippen molar-refractivity contribution in [2.45, 2.75) is 32.2 Å². The monoisotopic (exact) mass is 724 g/mol. The number of fused-ring (bicyclic) bond motifs is 4. The van der Waals surface area contributed by atoms with Crippen LogP contribution >= 0.6 is 0 Å². The Balaban J connectivity index is 0.845. The molecule has 0 bridgehead atoms. The summed E-state index contributed by atoms with van der Waals surface area (Å²) in [5.74, 6) is 0.610. The van der Waals surface area contributed by atoms with Crippen LogP contribution in [-0.2, 0) is 33.6 Å². The molecule has 1 saturated carbocycles. The van der Waals surface area contributed by atoms with Gasteiger partial charge in [-0.2, -0.15) is 0 Å². The van der Waals surface area contributed by atoms with E-state index < -0.39 is 5.97 Å². The Bertz CT molecular complexity index is 2130. The van der Waals surface area contributed by atoms with Gasteiger partial charge in [0.1, 0.15) is 11.3 Å². The van der Waals surface area contributed by atoms with Gasteiger partial charge in [-0.1, -0.05) is 5.21 Å². The number of rotatable bonds is 16. The van der Waals surface area contributed by atoms with E-state index in [2.05, 4.69) is 15.6 Å². The zero-order chi connectivity index (χ0) is 36.9. The van der Waals surface area contributed by atoms with E-state index in [1.165, 1.54) is 17.8 Å². The predicted molar refractivity (Wildman–Crippen MR) is 195 cm³/mol. The second-order valence-electron chi connectivity index (χ2n) is 13.6. The Morgan fingerprint density at radius 3 is 2.45 bits per heavy atom. The minimum atomic E-state index is -1.14. The van der Waals surface area contributed by atoms with Crippen molar-refractivity contribution in [3.8, 4) is 22.5 Å². The molecule has 1 fully saturated rings. The van der Waals surface area contributed by atoms with E-state index in [0.717, 1.165) is 31.4 Å². The molecular weight excluding hydrogens is 680 g/mol. The first-order valence-electron chi connectivity index (χ1n) is 18.0. The number of aliphatic hydroxyl groups is 1. The van der Waals surface area contributed by atoms with Gasteiger partial charge in [0.05, 0.1) is 68.5 Å².